The highest BCUT2D eigenvalue weighted by molar-refractivity contribution is 9.10. The van der Waals surface area contributed by atoms with Crippen LogP contribution in [0.1, 0.15) is 24.1 Å². The monoisotopic (exact) mass is 323 g/mol. The molecule has 0 bridgehead atoms. The molecule has 1 atom stereocenters. The number of halogens is 2. The van der Waals surface area contributed by atoms with Gasteiger partial charge in [-0.15, -0.1) is 0 Å². The molecular formula is C15H15BrFNO. The first kappa shape index (κ1) is 14.0. The number of hydrogen-bond acceptors (Lipinski definition) is 2. The molecule has 0 saturated heterocycles. The topological polar surface area (TPSA) is 35.2 Å². The van der Waals surface area contributed by atoms with Crippen LogP contribution in [0.25, 0.3) is 0 Å². The zero-order chi connectivity index (χ0) is 13.8. The molecule has 2 rings (SSSR count). The van der Waals surface area contributed by atoms with Gasteiger partial charge in [0.25, 0.3) is 0 Å². The minimum Gasteiger partial charge on any atom is -0.489 e. The van der Waals surface area contributed by atoms with Gasteiger partial charge in [-0.05, 0) is 35.0 Å². The lowest BCUT2D eigenvalue weighted by Gasteiger charge is -2.14. The molecule has 0 aromatic heterocycles. The second-order valence-electron chi connectivity index (χ2n) is 4.33. The van der Waals surface area contributed by atoms with E-state index in [1.807, 2.05) is 37.3 Å². The van der Waals surface area contributed by atoms with Crippen LogP contribution in [0.5, 0.6) is 5.75 Å². The summed E-state index contributed by atoms with van der Waals surface area (Å²) in [5.74, 6) is 0.440. The zero-order valence-electron chi connectivity index (χ0n) is 10.6. The molecule has 2 nitrogen and oxygen atoms in total. The van der Waals surface area contributed by atoms with Crippen molar-refractivity contribution in [2.75, 3.05) is 0 Å². The van der Waals surface area contributed by atoms with E-state index in [1.165, 1.54) is 6.07 Å². The smallest absolute Gasteiger partial charge is 0.137 e. The van der Waals surface area contributed by atoms with Crippen molar-refractivity contribution in [1.29, 1.82) is 0 Å². The molecule has 0 amide bonds. The van der Waals surface area contributed by atoms with E-state index in [-0.39, 0.29) is 11.9 Å². The van der Waals surface area contributed by atoms with Gasteiger partial charge in [-0.1, -0.05) is 30.3 Å². The number of ether oxygens (including phenoxy) is 1. The summed E-state index contributed by atoms with van der Waals surface area (Å²) in [4.78, 5) is 0. The molecule has 2 aromatic carbocycles. The first-order valence-electron chi connectivity index (χ1n) is 6.00. The number of nitrogens with two attached hydrogens (primary N) is 1. The predicted octanol–water partition coefficient (Wildman–Crippen LogP) is 4.19. The highest BCUT2D eigenvalue weighted by Gasteiger charge is 2.09. The highest BCUT2D eigenvalue weighted by Crippen LogP contribution is 2.26. The summed E-state index contributed by atoms with van der Waals surface area (Å²) in [5, 5.41) is 0. The molecule has 2 N–H and O–H groups in total. The van der Waals surface area contributed by atoms with E-state index in [4.69, 9.17) is 10.5 Å². The molecule has 0 aliphatic carbocycles. The van der Waals surface area contributed by atoms with E-state index in [0.29, 0.717) is 11.1 Å². The van der Waals surface area contributed by atoms with E-state index < -0.39 is 0 Å². The average Bonchev–Trinajstić information content (AvgIpc) is 2.40. The van der Waals surface area contributed by atoms with E-state index in [0.717, 1.165) is 16.9 Å². The Kier molecular flexibility index (Phi) is 4.56. The number of rotatable bonds is 4. The first-order chi connectivity index (χ1) is 9.09. The third kappa shape index (κ3) is 3.33. The van der Waals surface area contributed by atoms with Gasteiger partial charge < -0.3 is 10.5 Å². The maximum Gasteiger partial charge on any atom is 0.137 e. The molecule has 0 radical (unpaired) electrons. The summed E-state index contributed by atoms with van der Waals surface area (Å²) in [7, 11) is 0. The molecular weight excluding hydrogens is 309 g/mol. The largest absolute Gasteiger partial charge is 0.489 e. The molecule has 0 fully saturated rings. The second kappa shape index (κ2) is 6.17. The SMILES string of the molecule is CC(N)c1ccccc1OCc1cccc(F)c1Br. The Morgan fingerprint density at radius 1 is 1.21 bits per heavy atom. The molecule has 0 aliphatic heterocycles. The molecule has 0 heterocycles. The molecule has 0 spiro atoms. The van der Waals surface area contributed by atoms with Crippen LogP contribution in [-0.2, 0) is 6.61 Å². The molecule has 4 heteroatoms. The standard InChI is InChI=1S/C15H15BrFNO/c1-10(18)12-6-2-3-8-14(12)19-9-11-5-4-7-13(17)15(11)16/h2-8,10H,9,18H2,1H3. The quantitative estimate of drug-likeness (QED) is 0.915. The minimum atomic E-state index is -0.290. The van der Waals surface area contributed by atoms with Crippen LogP contribution in [0.3, 0.4) is 0 Å². The van der Waals surface area contributed by atoms with E-state index in [9.17, 15) is 4.39 Å². The Morgan fingerprint density at radius 3 is 2.68 bits per heavy atom. The van der Waals surface area contributed by atoms with Crippen molar-refractivity contribution in [3.05, 3.63) is 63.9 Å². The minimum absolute atomic E-state index is 0.104. The summed E-state index contributed by atoms with van der Waals surface area (Å²) in [5.41, 5.74) is 7.59. The fourth-order valence-corrected chi connectivity index (χ4v) is 2.18. The molecule has 0 saturated carbocycles. The van der Waals surface area contributed by atoms with Crippen molar-refractivity contribution < 1.29 is 9.13 Å². The Bertz CT molecular complexity index is 572. The zero-order valence-corrected chi connectivity index (χ0v) is 12.2. The van der Waals surface area contributed by atoms with Gasteiger partial charge in [0.2, 0.25) is 0 Å². The normalized spacial score (nSPS) is 12.2. The lowest BCUT2D eigenvalue weighted by molar-refractivity contribution is 0.300. The van der Waals surface area contributed by atoms with Gasteiger partial charge in [0.1, 0.15) is 18.2 Å². The molecule has 19 heavy (non-hydrogen) atoms. The molecule has 1 unspecified atom stereocenters. The maximum atomic E-state index is 13.4. The van der Waals surface area contributed by atoms with Crippen LogP contribution in [0, 0.1) is 5.82 Å². The number of para-hydroxylation sites is 1. The summed E-state index contributed by atoms with van der Waals surface area (Å²) in [6.45, 7) is 2.20. The Labute approximate surface area is 120 Å². The van der Waals surface area contributed by atoms with Crippen LogP contribution in [0.2, 0.25) is 0 Å². The lowest BCUT2D eigenvalue weighted by atomic mass is 10.1. The van der Waals surface area contributed by atoms with Gasteiger partial charge >= 0.3 is 0 Å². The van der Waals surface area contributed by atoms with E-state index in [1.54, 1.807) is 6.07 Å². The van der Waals surface area contributed by atoms with Crippen LogP contribution < -0.4 is 10.5 Å². The Balaban J connectivity index is 2.17. The first-order valence-corrected chi connectivity index (χ1v) is 6.79. The van der Waals surface area contributed by atoms with Crippen molar-refractivity contribution in [1.82, 2.24) is 0 Å². The highest BCUT2D eigenvalue weighted by atomic mass is 79.9. The third-order valence-corrected chi connectivity index (χ3v) is 3.71. The van der Waals surface area contributed by atoms with Gasteiger partial charge in [-0.25, -0.2) is 4.39 Å². The van der Waals surface area contributed by atoms with Gasteiger partial charge in [0.15, 0.2) is 0 Å². The molecule has 0 aliphatic rings. The van der Waals surface area contributed by atoms with Crippen LogP contribution >= 0.6 is 15.9 Å². The predicted molar refractivity (Wildman–Crippen MR) is 77.5 cm³/mol. The van der Waals surface area contributed by atoms with Crippen molar-refractivity contribution >= 4 is 15.9 Å². The summed E-state index contributed by atoms with van der Waals surface area (Å²) < 4.78 is 19.6. The van der Waals surface area contributed by atoms with Gasteiger partial charge in [-0.2, -0.15) is 0 Å². The van der Waals surface area contributed by atoms with Crippen LogP contribution in [0.15, 0.2) is 46.9 Å². The van der Waals surface area contributed by atoms with Gasteiger partial charge in [0, 0.05) is 17.2 Å². The average molecular weight is 324 g/mol. The van der Waals surface area contributed by atoms with Crippen molar-refractivity contribution in [2.24, 2.45) is 5.73 Å². The van der Waals surface area contributed by atoms with Crippen molar-refractivity contribution in [2.45, 2.75) is 19.6 Å². The fraction of sp³-hybridized carbons (Fsp3) is 0.200. The van der Waals surface area contributed by atoms with Crippen LogP contribution in [-0.4, -0.2) is 0 Å². The number of hydrogen-bond donors (Lipinski definition) is 1. The molecule has 2 aromatic rings. The third-order valence-electron chi connectivity index (χ3n) is 2.82. The van der Waals surface area contributed by atoms with Crippen LogP contribution in [0.4, 0.5) is 4.39 Å². The van der Waals surface area contributed by atoms with E-state index >= 15 is 0 Å². The molecule has 100 valence electrons. The Hall–Kier alpha value is -1.39. The van der Waals surface area contributed by atoms with Crippen molar-refractivity contribution in [3.8, 4) is 5.75 Å². The maximum absolute atomic E-state index is 13.4. The summed E-state index contributed by atoms with van der Waals surface area (Å²) in [6.07, 6.45) is 0. The Morgan fingerprint density at radius 2 is 1.95 bits per heavy atom. The fourth-order valence-electron chi connectivity index (χ4n) is 1.80. The second-order valence-corrected chi connectivity index (χ2v) is 5.12. The van der Waals surface area contributed by atoms with Gasteiger partial charge in [-0.3, -0.25) is 0 Å². The number of benzene rings is 2. The van der Waals surface area contributed by atoms with Crippen molar-refractivity contribution in [3.63, 3.8) is 0 Å². The summed E-state index contributed by atoms with van der Waals surface area (Å²) >= 11 is 3.22. The summed E-state index contributed by atoms with van der Waals surface area (Å²) in [6, 6.07) is 12.4. The van der Waals surface area contributed by atoms with Gasteiger partial charge in [0.05, 0.1) is 4.47 Å². The van der Waals surface area contributed by atoms with E-state index in [2.05, 4.69) is 15.9 Å². The lowest BCUT2D eigenvalue weighted by Crippen LogP contribution is -2.08.